The summed E-state index contributed by atoms with van der Waals surface area (Å²) in [7, 11) is -0.790. The lowest BCUT2D eigenvalue weighted by Crippen LogP contribution is -2.46. The highest BCUT2D eigenvalue weighted by Gasteiger charge is 2.20. The molecule has 0 bridgehead atoms. The zero-order chi connectivity index (χ0) is 12.7. The number of nitrogens with one attached hydrogen (secondary N) is 1. The standard InChI is InChI=1S/C12H24N2O2S/c1-11(13-7-10-17(2)16)12(15)14-8-5-3-4-6-9-14/h11,13H,3-10H2,1-2H3. The third-order valence-electron chi connectivity index (χ3n) is 3.13. The summed E-state index contributed by atoms with van der Waals surface area (Å²) in [6.45, 7) is 4.32. The molecule has 0 aromatic rings. The van der Waals surface area contributed by atoms with Crippen LogP contribution < -0.4 is 5.32 Å². The molecule has 17 heavy (non-hydrogen) atoms. The van der Waals surface area contributed by atoms with Crippen LogP contribution in [0.5, 0.6) is 0 Å². The fraction of sp³-hybridized carbons (Fsp3) is 0.917. The number of hydrogen-bond donors (Lipinski definition) is 1. The lowest BCUT2D eigenvalue weighted by molar-refractivity contribution is -0.132. The Kier molecular flexibility index (Phi) is 6.73. The second-order valence-corrected chi connectivity index (χ2v) is 6.25. The van der Waals surface area contributed by atoms with E-state index in [4.69, 9.17) is 0 Å². The molecule has 1 rings (SSSR count). The van der Waals surface area contributed by atoms with Gasteiger partial charge in [0.2, 0.25) is 5.91 Å². The molecular weight excluding hydrogens is 236 g/mol. The number of carbonyl (C=O) groups excluding carboxylic acids is 1. The molecule has 1 N–H and O–H groups in total. The summed E-state index contributed by atoms with van der Waals surface area (Å²) in [5, 5.41) is 3.15. The summed E-state index contributed by atoms with van der Waals surface area (Å²) in [6, 6.07) is -0.156. The Morgan fingerprint density at radius 1 is 1.29 bits per heavy atom. The molecule has 1 aliphatic heterocycles. The van der Waals surface area contributed by atoms with Crippen molar-refractivity contribution in [1.82, 2.24) is 10.2 Å². The second kappa shape index (κ2) is 7.82. The number of amides is 1. The lowest BCUT2D eigenvalue weighted by atomic mass is 10.2. The number of likely N-dealkylation sites (tertiary alicyclic amines) is 1. The van der Waals surface area contributed by atoms with Crippen LogP contribution in [0.15, 0.2) is 0 Å². The average Bonchev–Trinajstić information content (AvgIpc) is 2.55. The molecule has 2 atom stereocenters. The Hall–Kier alpha value is -0.420. The predicted molar refractivity (Wildman–Crippen MR) is 71.4 cm³/mol. The maximum atomic E-state index is 12.1. The summed E-state index contributed by atoms with van der Waals surface area (Å²) in [4.78, 5) is 14.1. The Balaban J connectivity index is 2.31. The predicted octanol–water partition coefficient (Wildman–Crippen LogP) is 0.746. The lowest BCUT2D eigenvalue weighted by Gasteiger charge is -2.24. The first kappa shape index (κ1) is 14.6. The SMILES string of the molecule is CC(NCCS(C)=O)C(=O)N1CCCCCC1. The summed E-state index contributed by atoms with van der Waals surface area (Å²) in [5.74, 6) is 0.797. The monoisotopic (exact) mass is 260 g/mol. The van der Waals surface area contributed by atoms with Crippen molar-refractivity contribution in [3.8, 4) is 0 Å². The molecule has 2 unspecified atom stereocenters. The first-order valence-electron chi connectivity index (χ1n) is 6.43. The van der Waals surface area contributed by atoms with Gasteiger partial charge in [0.1, 0.15) is 0 Å². The number of hydrogen-bond acceptors (Lipinski definition) is 3. The van der Waals surface area contributed by atoms with E-state index < -0.39 is 10.8 Å². The van der Waals surface area contributed by atoms with E-state index in [0.29, 0.717) is 12.3 Å². The van der Waals surface area contributed by atoms with Gasteiger partial charge < -0.3 is 10.2 Å². The van der Waals surface area contributed by atoms with Gasteiger partial charge in [-0.1, -0.05) is 12.8 Å². The molecule has 1 amide bonds. The minimum Gasteiger partial charge on any atom is -0.341 e. The highest BCUT2D eigenvalue weighted by atomic mass is 32.2. The smallest absolute Gasteiger partial charge is 0.239 e. The van der Waals surface area contributed by atoms with Crippen molar-refractivity contribution in [3.05, 3.63) is 0 Å². The van der Waals surface area contributed by atoms with E-state index in [1.807, 2.05) is 11.8 Å². The molecule has 1 aliphatic rings. The Morgan fingerprint density at radius 3 is 2.41 bits per heavy atom. The van der Waals surface area contributed by atoms with Crippen LogP contribution in [0, 0.1) is 0 Å². The first-order valence-corrected chi connectivity index (χ1v) is 8.16. The van der Waals surface area contributed by atoms with Crippen molar-refractivity contribution in [3.63, 3.8) is 0 Å². The van der Waals surface area contributed by atoms with E-state index in [1.54, 1.807) is 6.26 Å². The fourth-order valence-corrected chi connectivity index (χ4v) is 2.48. The van der Waals surface area contributed by atoms with E-state index in [1.165, 1.54) is 12.8 Å². The van der Waals surface area contributed by atoms with Gasteiger partial charge in [-0.25, -0.2) is 0 Å². The summed E-state index contributed by atoms with van der Waals surface area (Å²) in [6.07, 6.45) is 6.40. The number of nitrogens with zero attached hydrogens (tertiary/aromatic N) is 1. The first-order chi connectivity index (χ1) is 8.11. The highest BCUT2D eigenvalue weighted by molar-refractivity contribution is 7.84. The van der Waals surface area contributed by atoms with Crippen LogP contribution in [0.3, 0.4) is 0 Å². The third kappa shape index (κ3) is 5.64. The van der Waals surface area contributed by atoms with E-state index in [9.17, 15) is 9.00 Å². The molecule has 0 aromatic carbocycles. The normalized spacial score (nSPS) is 20.7. The molecule has 0 radical (unpaired) electrons. The Labute approximate surface area is 107 Å². The molecule has 0 spiro atoms. The molecule has 5 heteroatoms. The van der Waals surface area contributed by atoms with Crippen molar-refractivity contribution in [2.24, 2.45) is 0 Å². The van der Waals surface area contributed by atoms with Crippen LogP contribution in [0.1, 0.15) is 32.6 Å². The highest BCUT2D eigenvalue weighted by Crippen LogP contribution is 2.10. The van der Waals surface area contributed by atoms with Gasteiger partial charge in [0.05, 0.1) is 6.04 Å². The van der Waals surface area contributed by atoms with E-state index >= 15 is 0 Å². The fourth-order valence-electron chi connectivity index (χ4n) is 2.07. The van der Waals surface area contributed by atoms with Crippen LogP contribution in [-0.4, -0.2) is 52.7 Å². The summed E-state index contributed by atoms with van der Waals surface area (Å²) < 4.78 is 10.9. The zero-order valence-corrected chi connectivity index (χ0v) is 11.7. The molecule has 0 aromatic heterocycles. The van der Waals surface area contributed by atoms with Gasteiger partial charge in [0.15, 0.2) is 0 Å². The minimum absolute atomic E-state index is 0.156. The van der Waals surface area contributed by atoms with Crippen molar-refractivity contribution < 1.29 is 9.00 Å². The van der Waals surface area contributed by atoms with Crippen LogP contribution in [-0.2, 0) is 15.6 Å². The van der Waals surface area contributed by atoms with Gasteiger partial charge in [-0.15, -0.1) is 0 Å². The minimum atomic E-state index is -0.790. The van der Waals surface area contributed by atoms with E-state index in [2.05, 4.69) is 5.32 Å². The van der Waals surface area contributed by atoms with Crippen molar-refractivity contribution >= 4 is 16.7 Å². The van der Waals surface area contributed by atoms with Crippen LogP contribution in [0.25, 0.3) is 0 Å². The van der Waals surface area contributed by atoms with Crippen molar-refractivity contribution in [2.75, 3.05) is 31.6 Å². The van der Waals surface area contributed by atoms with Crippen LogP contribution >= 0.6 is 0 Å². The summed E-state index contributed by atoms with van der Waals surface area (Å²) in [5.41, 5.74) is 0. The maximum absolute atomic E-state index is 12.1. The quantitative estimate of drug-likeness (QED) is 0.793. The van der Waals surface area contributed by atoms with Gasteiger partial charge in [0.25, 0.3) is 0 Å². The molecule has 1 saturated heterocycles. The van der Waals surface area contributed by atoms with Gasteiger partial charge in [-0.3, -0.25) is 9.00 Å². The van der Waals surface area contributed by atoms with Crippen molar-refractivity contribution in [1.29, 1.82) is 0 Å². The molecule has 1 heterocycles. The molecule has 4 nitrogen and oxygen atoms in total. The third-order valence-corrected chi connectivity index (χ3v) is 3.91. The van der Waals surface area contributed by atoms with Gasteiger partial charge >= 0.3 is 0 Å². The van der Waals surface area contributed by atoms with Crippen LogP contribution in [0.2, 0.25) is 0 Å². The van der Waals surface area contributed by atoms with Gasteiger partial charge in [-0.2, -0.15) is 0 Å². The van der Waals surface area contributed by atoms with E-state index in [-0.39, 0.29) is 11.9 Å². The molecule has 0 aliphatic carbocycles. The van der Waals surface area contributed by atoms with E-state index in [0.717, 1.165) is 25.9 Å². The Bertz CT molecular complexity index is 263. The Morgan fingerprint density at radius 2 is 1.88 bits per heavy atom. The average molecular weight is 260 g/mol. The van der Waals surface area contributed by atoms with Crippen molar-refractivity contribution in [2.45, 2.75) is 38.6 Å². The summed E-state index contributed by atoms with van der Waals surface area (Å²) >= 11 is 0. The molecular formula is C12H24N2O2S. The second-order valence-electron chi connectivity index (χ2n) is 4.69. The number of rotatable bonds is 5. The molecule has 100 valence electrons. The van der Waals surface area contributed by atoms with Gasteiger partial charge in [0, 0.05) is 42.4 Å². The molecule has 0 saturated carbocycles. The topological polar surface area (TPSA) is 49.4 Å². The zero-order valence-electron chi connectivity index (χ0n) is 10.9. The largest absolute Gasteiger partial charge is 0.341 e. The molecule has 1 fully saturated rings. The van der Waals surface area contributed by atoms with Gasteiger partial charge in [-0.05, 0) is 19.8 Å². The van der Waals surface area contributed by atoms with Crippen LogP contribution in [0.4, 0.5) is 0 Å². The maximum Gasteiger partial charge on any atom is 0.239 e. The number of carbonyl (C=O) groups is 1.